The molecular weight excluding hydrogens is 423 g/mol. The molecule has 2 atom stereocenters. The number of H-pyrrole nitrogens is 1. The number of nitrogens with one attached hydrogen (secondary N) is 2. The molecule has 1 aliphatic heterocycles. The summed E-state index contributed by atoms with van der Waals surface area (Å²) in [6, 6.07) is 12.7. The molecule has 0 saturated carbocycles. The van der Waals surface area contributed by atoms with Crippen LogP contribution in [0.15, 0.2) is 72.3 Å². The molecule has 5 rings (SSSR count). The van der Waals surface area contributed by atoms with Gasteiger partial charge in [-0.05, 0) is 54.5 Å². The highest BCUT2D eigenvalue weighted by Gasteiger charge is 2.35. The molecule has 1 aromatic carbocycles. The minimum atomic E-state index is -0.450. The quantitative estimate of drug-likeness (QED) is 0.494. The van der Waals surface area contributed by atoms with Crippen molar-refractivity contribution in [3.63, 3.8) is 0 Å². The van der Waals surface area contributed by atoms with Gasteiger partial charge in [-0.2, -0.15) is 0 Å². The standard InChI is InChI=1S/C24H21FN6O2/c1-2-18-13-27-21-8-9-22(29-31(18)21)30-14-17(12-20(30)15-5-3-6-16(25)11-15)28-24(33)19-7-4-10-26-23(19)32/h2-11,13,17,20H,1,12,14H2,(H,26,32)(H,28,33)/t17-,20+/m0/s1. The lowest BCUT2D eigenvalue weighted by atomic mass is 10.0. The SMILES string of the molecule is C=Cc1cnc2ccc(N3C[C@@H](NC(=O)c4ccc[nH]c4=O)C[C@@H]3c3cccc(F)c3)nn12. The number of rotatable bonds is 5. The van der Waals surface area contributed by atoms with E-state index in [2.05, 4.69) is 21.9 Å². The Morgan fingerprint density at radius 1 is 1.24 bits per heavy atom. The summed E-state index contributed by atoms with van der Waals surface area (Å²) in [5, 5.41) is 7.67. The van der Waals surface area contributed by atoms with Crippen molar-refractivity contribution in [1.82, 2.24) is 24.9 Å². The number of amides is 1. The predicted octanol–water partition coefficient (Wildman–Crippen LogP) is 2.95. The van der Waals surface area contributed by atoms with E-state index in [9.17, 15) is 14.0 Å². The van der Waals surface area contributed by atoms with E-state index < -0.39 is 11.5 Å². The summed E-state index contributed by atoms with van der Waals surface area (Å²) < 4.78 is 15.7. The van der Waals surface area contributed by atoms with Gasteiger partial charge in [0.05, 0.1) is 17.9 Å². The zero-order chi connectivity index (χ0) is 22.9. The topological polar surface area (TPSA) is 95.4 Å². The van der Waals surface area contributed by atoms with Crippen molar-refractivity contribution < 1.29 is 9.18 Å². The van der Waals surface area contributed by atoms with E-state index in [4.69, 9.17) is 5.10 Å². The lowest BCUT2D eigenvalue weighted by Crippen LogP contribution is -2.39. The van der Waals surface area contributed by atoms with Gasteiger partial charge in [-0.1, -0.05) is 18.7 Å². The molecular formula is C24H21FN6O2. The van der Waals surface area contributed by atoms with Gasteiger partial charge in [0.15, 0.2) is 5.65 Å². The highest BCUT2D eigenvalue weighted by Crippen LogP contribution is 2.36. The number of fused-ring (bicyclic) bond motifs is 1. The fourth-order valence-corrected chi connectivity index (χ4v) is 4.26. The van der Waals surface area contributed by atoms with E-state index in [1.165, 1.54) is 24.4 Å². The van der Waals surface area contributed by atoms with Crippen LogP contribution in [0.5, 0.6) is 0 Å². The molecule has 3 aromatic heterocycles. The van der Waals surface area contributed by atoms with Crippen molar-refractivity contribution in [2.24, 2.45) is 0 Å². The summed E-state index contributed by atoms with van der Waals surface area (Å²) in [7, 11) is 0. The molecule has 1 saturated heterocycles. The second-order valence-corrected chi connectivity index (χ2v) is 7.89. The van der Waals surface area contributed by atoms with Gasteiger partial charge in [0.25, 0.3) is 11.5 Å². The second-order valence-electron chi connectivity index (χ2n) is 7.89. The highest BCUT2D eigenvalue weighted by atomic mass is 19.1. The van der Waals surface area contributed by atoms with Gasteiger partial charge in [0.1, 0.15) is 17.2 Å². The number of pyridine rings is 1. The third kappa shape index (κ3) is 3.89. The number of benzene rings is 1. The van der Waals surface area contributed by atoms with Crippen molar-refractivity contribution in [3.05, 3.63) is 100 Å². The first-order chi connectivity index (χ1) is 16.0. The Morgan fingerprint density at radius 3 is 2.91 bits per heavy atom. The highest BCUT2D eigenvalue weighted by molar-refractivity contribution is 5.94. The van der Waals surface area contributed by atoms with Crippen LogP contribution in [0.4, 0.5) is 10.2 Å². The second kappa shape index (κ2) is 8.34. The lowest BCUT2D eigenvalue weighted by Gasteiger charge is -2.26. The molecule has 8 nitrogen and oxygen atoms in total. The minimum Gasteiger partial charge on any atom is -0.347 e. The molecule has 1 fully saturated rings. The maximum atomic E-state index is 14.0. The van der Waals surface area contributed by atoms with Crippen LogP contribution in [0.2, 0.25) is 0 Å². The number of anilines is 1. The summed E-state index contributed by atoms with van der Waals surface area (Å²) in [4.78, 5) is 33.6. The van der Waals surface area contributed by atoms with Gasteiger partial charge >= 0.3 is 0 Å². The maximum absolute atomic E-state index is 14.0. The zero-order valence-electron chi connectivity index (χ0n) is 17.6. The Morgan fingerprint density at radius 2 is 2.12 bits per heavy atom. The Kier molecular flexibility index (Phi) is 5.21. The third-order valence-electron chi connectivity index (χ3n) is 5.81. The average Bonchev–Trinajstić information content (AvgIpc) is 3.42. The zero-order valence-corrected chi connectivity index (χ0v) is 17.6. The lowest BCUT2D eigenvalue weighted by molar-refractivity contribution is 0.0938. The maximum Gasteiger partial charge on any atom is 0.260 e. The molecule has 0 unspecified atom stereocenters. The van der Waals surface area contributed by atoms with Crippen LogP contribution in [0.3, 0.4) is 0 Å². The number of aromatic nitrogens is 4. The molecule has 2 N–H and O–H groups in total. The number of halogens is 1. The normalized spacial score (nSPS) is 17.9. The molecule has 166 valence electrons. The van der Waals surface area contributed by atoms with Gasteiger partial charge in [-0.3, -0.25) is 9.59 Å². The van der Waals surface area contributed by atoms with E-state index in [1.807, 2.05) is 23.1 Å². The van der Waals surface area contributed by atoms with Crippen molar-refractivity contribution >= 4 is 23.4 Å². The van der Waals surface area contributed by atoms with Gasteiger partial charge in [-0.25, -0.2) is 13.9 Å². The molecule has 0 bridgehead atoms. The van der Waals surface area contributed by atoms with Gasteiger partial charge < -0.3 is 15.2 Å². The molecule has 1 aliphatic rings. The molecule has 33 heavy (non-hydrogen) atoms. The van der Waals surface area contributed by atoms with Crippen LogP contribution in [-0.2, 0) is 0 Å². The van der Waals surface area contributed by atoms with Gasteiger partial charge in [0, 0.05) is 18.8 Å². The number of hydrogen-bond acceptors (Lipinski definition) is 5. The summed E-state index contributed by atoms with van der Waals surface area (Å²) in [6.07, 6.45) is 5.36. The fraction of sp³-hybridized carbons (Fsp3) is 0.167. The number of aromatic amines is 1. The van der Waals surface area contributed by atoms with Crippen LogP contribution in [-0.4, -0.2) is 38.1 Å². The molecule has 0 radical (unpaired) electrons. The van der Waals surface area contributed by atoms with Crippen molar-refractivity contribution in [3.8, 4) is 0 Å². The van der Waals surface area contributed by atoms with Crippen LogP contribution < -0.4 is 15.8 Å². The van der Waals surface area contributed by atoms with E-state index >= 15 is 0 Å². The van der Waals surface area contributed by atoms with Crippen LogP contribution in [0.25, 0.3) is 11.7 Å². The number of nitrogens with zero attached hydrogens (tertiary/aromatic N) is 4. The molecule has 0 spiro atoms. The van der Waals surface area contributed by atoms with E-state index in [0.717, 1.165) is 11.3 Å². The Hall–Kier alpha value is -4.27. The Bertz CT molecular complexity index is 1410. The summed E-state index contributed by atoms with van der Waals surface area (Å²) in [6.45, 7) is 4.24. The number of imidazole rings is 1. The van der Waals surface area contributed by atoms with Gasteiger partial charge in [0.2, 0.25) is 0 Å². The smallest absolute Gasteiger partial charge is 0.260 e. The number of hydrogen-bond donors (Lipinski definition) is 2. The fourth-order valence-electron chi connectivity index (χ4n) is 4.26. The van der Waals surface area contributed by atoms with Crippen LogP contribution in [0, 0.1) is 5.82 Å². The van der Waals surface area contributed by atoms with Crippen LogP contribution in [0.1, 0.15) is 34.1 Å². The predicted molar refractivity (Wildman–Crippen MR) is 122 cm³/mol. The van der Waals surface area contributed by atoms with Crippen molar-refractivity contribution in [1.29, 1.82) is 0 Å². The molecule has 1 amide bonds. The first-order valence-electron chi connectivity index (χ1n) is 10.5. The monoisotopic (exact) mass is 444 g/mol. The molecule has 0 aliphatic carbocycles. The minimum absolute atomic E-state index is 0.0480. The van der Waals surface area contributed by atoms with E-state index in [1.54, 1.807) is 28.9 Å². The first kappa shape index (κ1) is 20.6. The Labute approximate surface area is 188 Å². The van der Waals surface area contributed by atoms with E-state index in [0.29, 0.717) is 24.4 Å². The Balaban J connectivity index is 1.49. The van der Waals surface area contributed by atoms with Crippen molar-refractivity contribution in [2.45, 2.75) is 18.5 Å². The van der Waals surface area contributed by atoms with Crippen LogP contribution >= 0.6 is 0 Å². The summed E-state index contributed by atoms with van der Waals surface area (Å²) in [5.74, 6) is -0.122. The average molecular weight is 444 g/mol. The summed E-state index contributed by atoms with van der Waals surface area (Å²) >= 11 is 0. The molecule has 4 aromatic rings. The molecule has 9 heteroatoms. The third-order valence-corrected chi connectivity index (χ3v) is 5.81. The summed E-state index contributed by atoms with van der Waals surface area (Å²) in [5.41, 5.74) is 1.81. The first-order valence-corrected chi connectivity index (χ1v) is 10.5. The van der Waals surface area contributed by atoms with Crippen molar-refractivity contribution in [2.75, 3.05) is 11.4 Å². The molecule has 4 heterocycles. The van der Waals surface area contributed by atoms with Gasteiger partial charge in [-0.15, -0.1) is 5.10 Å². The van der Waals surface area contributed by atoms with E-state index in [-0.39, 0.29) is 23.5 Å². The number of carbonyl (C=O) groups excluding carboxylic acids is 1. The largest absolute Gasteiger partial charge is 0.347 e. The number of carbonyl (C=O) groups is 1.